The summed E-state index contributed by atoms with van der Waals surface area (Å²) in [5, 5.41) is 6.89. The van der Waals surface area contributed by atoms with Gasteiger partial charge in [-0.2, -0.15) is 18.4 Å². The SMILES string of the molecule is CS(=NC#N)C1C(=O)C=C(F)C2=C1C(=O)C(F)(F)[C@@H]2F. The van der Waals surface area contributed by atoms with Gasteiger partial charge in [0.25, 0.3) is 0 Å². The molecular formula is C11H6F4N2O2S. The lowest BCUT2D eigenvalue weighted by atomic mass is 9.97. The topological polar surface area (TPSA) is 70.3 Å². The van der Waals surface area contributed by atoms with Crippen LogP contribution >= 0.6 is 0 Å². The van der Waals surface area contributed by atoms with E-state index in [9.17, 15) is 27.2 Å². The first-order valence-electron chi connectivity index (χ1n) is 5.20. The predicted octanol–water partition coefficient (Wildman–Crippen LogP) is 1.56. The predicted molar refractivity (Wildman–Crippen MR) is 61.2 cm³/mol. The van der Waals surface area contributed by atoms with Gasteiger partial charge in [-0.3, -0.25) is 9.59 Å². The van der Waals surface area contributed by atoms with E-state index < -0.39 is 56.6 Å². The normalized spacial score (nSPS) is 30.1. The first-order valence-corrected chi connectivity index (χ1v) is 6.85. The van der Waals surface area contributed by atoms with E-state index in [-0.39, 0.29) is 0 Å². The van der Waals surface area contributed by atoms with Crippen LogP contribution < -0.4 is 0 Å². The van der Waals surface area contributed by atoms with Gasteiger partial charge in [-0.25, -0.2) is 8.78 Å². The van der Waals surface area contributed by atoms with Gasteiger partial charge in [-0.15, -0.1) is 0 Å². The van der Waals surface area contributed by atoms with Crippen molar-refractivity contribution in [3.63, 3.8) is 0 Å². The number of hydrogen-bond donors (Lipinski definition) is 0. The van der Waals surface area contributed by atoms with Crippen LogP contribution in [0.15, 0.2) is 27.4 Å². The highest BCUT2D eigenvalue weighted by atomic mass is 32.2. The van der Waals surface area contributed by atoms with Gasteiger partial charge in [0.1, 0.15) is 11.1 Å². The van der Waals surface area contributed by atoms with Crippen LogP contribution in [0.2, 0.25) is 0 Å². The molecule has 0 N–H and O–H groups in total. The average Bonchev–Trinajstić information content (AvgIpc) is 2.52. The number of nitriles is 1. The molecule has 2 aliphatic carbocycles. The maximum absolute atomic E-state index is 13.6. The highest BCUT2D eigenvalue weighted by molar-refractivity contribution is 7.88. The van der Waals surface area contributed by atoms with Crippen LogP contribution in [0.3, 0.4) is 0 Å². The molecule has 0 saturated carbocycles. The first-order chi connectivity index (χ1) is 9.23. The summed E-state index contributed by atoms with van der Waals surface area (Å²) >= 11 is 0. The van der Waals surface area contributed by atoms with Crippen LogP contribution in [-0.2, 0) is 20.3 Å². The van der Waals surface area contributed by atoms with E-state index in [1.807, 2.05) is 0 Å². The quantitative estimate of drug-likeness (QED) is 0.545. The van der Waals surface area contributed by atoms with Crippen LogP contribution in [0.4, 0.5) is 17.6 Å². The van der Waals surface area contributed by atoms with Crippen molar-refractivity contribution in [3.8, 4) is 6.19 Å². The molecule has 0 aliphatic heterocycles. The van der Waals surface area contributed by atoms with Crippen molar-refractivity contribution in [3.05, 3.63) is 23.0 Å². The number of hydrogen-bond acceptors (Lipinski definition) is 4. The Labute approximate surface area is 112 Å². The molecule has 0 bridgehead atoms. The molecule has 2 rings (SSSR count). The Hall–Kier alpha value is -1.82. The average molecular weight is 306 g/mol. The summed E-state index contributed by atoms with van der Waals surface area (Å²) in [4.78, 5) is 23.3. The maximum atomic E-state index is 13.6. The number of Topliss-reactive ketones (excluding diaryl/α,β-unsaturated/α-hetero) is 1. The molecule has 2 unspecified atom stereocenters. The Morgan fingerprint density at radius 3 is 2.55 bits per heavy atom. The molecule has 0 amide bonds. The minimum atomic E-state index is -4.41. The summed E-state index contributed by atoms with van der Waals surface area (Å²) in [6, 6.07) is 0. The van der Waals surface area contributed by atoms with Gasteiger partial charge in [0.15, 0.2) is 12.0 Å². The Bertz CT molecular complexity index is 660. The van der Waals surface area contributed by atoms with Gasteiger partial charge in [0.2, 0.25) is 12.0 Å². The van der Waals surface area contributed by atoms with Gasteiger partial charge in [0.05, 0.1) is 0 Å². The van der Waals surface area contributed by atoms with E-state index in [2.05, 4.69) is 4.36 Å². The summed E-state index contributed by atoms with van der Waals surface area (Å²) in [5.74, 6) is -8.79. The molecule has 0 saturated heterocycles. The van der Waals surface area contributed by atoms with Gasteiger partial charge in [-0.05, 0) is 6.26 Å². The highest BCUT2D eigenvalue weighted by Crippen LogP contribution is 2.46. The lowest BCUT2D eigenvalue weighted by Gasteiger charge is -2.19. The second kappa shape index (κ2) is 4.63. The zero-order chi connectivity index (χ0) is 15.2. The Morgan fingerprint density at radius 1 is 1.40 bits per heavy atom. The summed E-state index contributed by atoms with van der Waals surface area (Å²) in [6.07, 6.45) is -0.133. The van der Waals surface area contributed by atoms with Gasteiger partial charge < -0.3 is 0 Å². The monoisotopic (exact) mass is 306 g/mol. The molecule has 3 atom stereocenters. The fourth-order valence-corrected chi connectivity index (χ4v) is 3.33. The van der Waals surface area contributed by atoms with Crippen molar-refractivity contribution >= 4 is 22.3 Å². The number of rotatable bonds is 1. The highest BCUT2D eigenvalue weighted by Gasteiger charge is 2.61. The number of halogens is 4. The van der Waals surface area contributed by atoms with Gasteiger partial charge >= 0.3 is 5.92 Å². The molecular weight excluding hydrogens is 300 g/mol. The number of alkyl halides is 3. The molecule has 0 fully saturated rings. The smallest absolute Gasteiger partial charge is 0.293 e. The zero-order valence-electron chi connectivity index (χ0n) is 9.86. The van der Waals surface area contributed by atoms with Crippen LogP contribution in [0.25, 0.3) is 0 Å². The lowest BCUT2D eigenvalue weighted by Crippen LogP contribution is -2.37. The summed E-state index contributed by atoms with van der Waals surface area (Å²) < 4.78 is 57.2. The lowest BCUT2D eigenvalue weighted by molar-refractivity contribution is -0.143. The number of allylic oxidation sites excluding steroid dienone is 3. The molecule has 0 aromatic rings. The molecule has 0 radical (unpaired) electrons. The fourth-order valence-electron chi connectivity index (χ4n) is 2.12. The molecule has 4 nitrogen and oxygen atoms in total. The number of ketones is 2. The molecule has 9 heteroatoms. The minimum Gasteiger partial charge on any atom is -0.293 e. The summed E-state index contributed by atoms with van der Waals surface area (Å²) in [7, 11) is -1.46. The van der Waals surface area contributed by atoms with Crippen LogP contribution in [-0.4, -0.2) is 35.2 Å². The fraction of sp³-hybridized carbons (Fsp3) is 0.364. The Balaban J connectivity index is 2.67. The van der Waals surface area contributed by atoms with Crippen LogP contribution in [0.1, 0.15) is 0 Å². The van der Waals surface area contributed by atoms with Crippen molar-refractivity contribution in [2.45, 2.75) is 17.3 Å². The van der Waals surface area contributed by atoms with Crippen molar-refractivity contribution in [2.75, 3.05) is 6.26 Å². The largest absolute Gasteiger partial charge is 0.344 e. The van der Waals surface area contributed by atoms with E-state index in [0.717, 1.165) is 0 Å². The van der Waals surface area contributed by atoms with E-state index >= 15 is 0 Å². The zero-order valence-corrected chi connectivity index (χ0v) is 10.7. The summed E-state index contributed by atoms with van der Waals surface area (Å²) in [5.41, 5.74) is -2.01. The molecule has 0 heterocycles. The minimum absolute atomic E-state index is 0.362. The van der Waals surface area contributed by atoms with Gasteiger partial charge in [-0.1, -0.05) is 10.7 Å². The van der Waals surface area contributed by atoms with E-state index in [1.165, 1.54) is 12.4 Å². The Kier molecular flexibility index (Phi) is 3.37. The molecule has 0 spiro atoms. The molecule has 0 aromatic heterocycles. The molecule has 0 aromatic carbocycles. The van der Waals surface area contributed by atoms with E-state index in [4.69, 9.17) is 5.26 Å². The van der Waals surface area contributed by atoms with E-state index in [1.54, 1.807) is 0 Å². The van der Waals surface area contributed by atoms with Crippen molar-refractivity contribution in [1.82, 2.24) is 0 Å². The standard InChI is InChI=1S/C11H6F4N2O2S/c1-20(17-3-16)8-5(18)2-4(12)6-7(8)10(19)11(14,15)9(6)13/h2,8-9H,1H3/t8?,9-,20?/m1/s1. The van der Waals surface area contributed by atoms with E-state index in [0.29, 0.717) is 6.08 Å². The number of carbonyl (C=O) groups excluding carboxylic acids is 2. The second-order valence-electron chi connectivity index (χ2n) is 4.13. The third-order valence-corrected chi connectivity index (χ3v) is 4.50. The maximum Gasteiger partial charge on any atom is 0.344 e. The first kappa shape index (κ1) is 14.6. The third kappa shape index (κ3) is 1.83. The van der Waals surface area contributed by atoms with Crippen molar-refractivity contribution in [1.29, 1.82) is 5.26 Å². The molecule has 20 heavy (non-hydrogen) atoms. The second-order valence-corrected chi connectivity index (χ2v) is 5.83. The van der Waals surface area contributed by atoms with Crippen molar-refractivity contribution < 1.29 is 27.2 Å². The number of nitrogens with zero attached hydrogens (tertiary/aromatic N) is 2. The summed E-state index contributed by atoms with van der Waals surface area (Å²) in [6.45, 7) is 0. The van der Waals surface area contributed by atoms with Crippen LogP contribution in [0.5, 0.6) is 0 Å². The number of carbonyl (C=O) groups is 2. The molecule has 2 aliphatic rings. The molecule has 106 valence electrons. The van der Waals surface area contributed by atoms with Gasteiger partial charge in [0, 0.05) is 17.2 Å². The van der Waals surface area contributed by atoms with Crippen LogP contribution in [0, 0.1) is 11.5 Å². The van der Waals surface area contributed by atoms with Crippen molar-refractivity contribution in [2.24, 2.45) is 4.36 Å². The third-order valence-electron chi connectivity index (χ3n) is 2.98. The Morgan fingerprint density at radius 2 is 2.00 bits per heavy atom.